The summed E-state index contributed by atoms with van der Waals surface area (Å²) in [6, 6.07) is 7.08. The number of esters is 1. The van der Waals surface area contributed by atoms with Crippen molar-refractivity contribution in [2.45, 2.75) is 18.6 Å². The van der Waals surface area contributed by atoms with Crippen molar-refractivity contribution in [3.63, 3.8) is 0 Å². The highest BCUT2D eigenvalue weighted by Crippen LogP contribution is 2.52. The van der Waals surface area contributed by atoms with Gasteiger partial charge in [0.25, 0.3) is 0 Å². The van der Waals surface area contributed by atoms with E-state index in [0.717, 1.165) is 0 Å². The lowest BCUT2D eigenvalue weighted by Gasteiger charge is -2.23. The molecule has 2 bridgehead atoms. The number of nitrogens with one attached hydrogen (secondary N) is 1. The molecule has 4 atom stereocenters. The third-order valence-corrected chi connectivity index (χ3v) is 5.47. The largest absolute Gasteiger partial charge is 0.495 e. The van der Waals surface area contributed by atoms with Crippen LogP contribution in [0.4, 0.5) is 5.69 Å². The zero-order valence-electron chi connectivity index (χ0n) is 15.7. The van der Waals surface area contributed by atoms with E-state index in [1.165, 1.54) is 12.0 Å². The molecule has 8 heteroatoms. The maximum Gasteiger partial charge on any atom is 0.325 e. The van der Waals surface area contributed by atoms with Crippen molar-refractivity contribution in [1.29, 1.82) is 0 Å². The lowest BCUT2D eigenvalue weighted by Crippen LogP contribution is -2.42. The molecule has 1 spiro atoms. The molecular weight excluding hydrogens is 364 g/mol. The molecule has 0 radical (unpaired) electrons. The van der Waals surface area contributed by atoms with Crippen molar-refractivity contribution >= 4 is 23.5 Å². The number of para-hydroxylation sites is 2. The number of nitrogens with zero attached hydrogens (tertiary/aromatic N) is 1. The Bertz CT molecular complexity index is 853. The number of carbonyl (C=O) groups is 3. The lowest BCUT2D eigenvalue weighted by atomic mass is 9.76. The summed E-state index contributed by atoms with van der Waals surface area (Å²) >= 11 is 0. The summed E-state index contributed by atoms with van der Waals surface area (Å²) in [6.45, 7) is 2.05. The highest BCUT2D eigenvalue weighted by molar-refractivity contribution is 6.00. The number of benzene rings is 1. The molecule has 0 saturated carbocycles. The summed E-state index contributed by atoms with van der Waals surface area (Å²) in [6.07, 6.45) is 3.20. The highest BCUT2D eigenvalue weighted by Gasteiger charge is 2.67. The van der Waals surface area contributed by atoms with E-state index >= 15 is 0 Å². The van der Waals surface area contributed by atoms with Crippen LogP contribution in [0.5, 0.6) is 5.75 Å². The van der Waals surface area contributed by atoms with Gasteiger partial charge in [0.2, 0.25) is 11.8 Å². The van der Waals surface area contributed by atoms with Crippen LogP contribution in [-0.2, 0) is 23.9 Å². The lowest BCUT2D eigenvalue weighted by molar-refractivity contribution is -0.148. The van der Waals surface area contributed by atoms with Gasteiger partial charge in [0.05, 0.1) is 43.9 Å². The second kappa shape index (κ2) is 6.94. The Kier molecular flexibility index (Phi) is 4.58. The van der Waals surface area contributed by atoms with E-state index < -0.39 is 29.5 Å². The Morgan fingerprint density at radius 2 is 2.14 bits per heavy atom. The Balaban J connectivity index is 1.55. The van der Waals surface area contributed by atoms with Gasteiger partial charge in [-0.1, -0.05) is 24.3 Å². The molecule has 148 valence electrons. The van der Waals surface area contributed by atoms with Gasteiger partial charge in [-0.2, -0.15) is 0 Å². The summed E-state index contributed by atoms with van der Waals surface area (Å²) < 4.78 is 16.3. The fourth-order valence-corrected chi connectivity index (χ4v) is 4.34. The number of likely N-dealkylation sites (tertiary alicyclic amines) is 1. The number of hydrogen-bond donors (Lipinski definition) is 1. The van der Waals surface area contributed by atoms with E-state index in [2.05, 4.69) is 5.32 Å². The van der Waals surface area contributed by atoms with Crippen LogP contribution in [0.25, 0.3) is 0 Å². The first-order valence-electron chi connectivity index (χ1n) is 9.24. The van der Waals surface area contributed by atoms with Gasteiger partial charge < -0.3 is 24.4 Å². The molecule has 2 saturated heterocycles. The van der Waals surface area contributed by atoms with Crippen LogP contribution in [0.3, 0.4) is 0 Å². The van der Waals surface area contributed by atoms with Crippen molar-refractivity contribution in [2.75, 3.05) is 32.1 Å². The van der Waals surface area contributed by atoms with Crippen molar-refractivity contribution < 1.29 is 28.6 Å². The molecule has 0 aromatic heterocycles. The number of carbonyl (C=O) groups excluding carboxylic acids is 3. The van der Waals surface area contributed by atoms with E-state index in [9.17, 15) is 14.4 Å². The average molecular weight is 386 g/mol. The Morgan fingerprint density at radius 1 is 1.36 bits per heavy atom. The molecule has 2 unspecified atom stereocenters. The van der Waals surface area contributed by atoms with Crippen molar-refractivity contribution in [3.8, 4) is 5.75 Å². The third-order valence-electron chi connectivity index (χ3n) is 5.47. The van der Waals surface area contributed by atoms with E-state index in [1.807, 2.05) is 12.2 Å². The van der Waals surface area contributed by atoms with Gasteiger partial charge in [-0.3, -0.25) is 14.4 Å². The SMILES string of the molecule is CCOC(=O)CN1CC23C=C[C@@H](O2)C(C(=O)Nc2ccccc2OC)[C@@H]3C1=O. The van der Waals surface area contributed by atoms with Crippen molar-refractivity contribution in [3.05, 3.63) is 36.4 Å². The molecule has 3 aliphatic rings. The van der Waals surface area contributed by atoms with Crippen molar-refractivity contribution in [1.82, 2.24) is 4.90 Å². The molecule has 1 aromatic carbocycles. The van der Waals surface area contributed by atoms with Crippen LogP contribution in [0.2, 0.25) is 0 Å². The standard InChI is InChI=1S/C20H22N2O6/c1-3-27-15(23)10-22-11-20-9-8-14(28-20)16(17(20)19(22)25)18(24)21-12-6-4-5-7-13(12)26-2/h4-9,14,16-17H,3,10-11H2,1-2H3,(H,21,24)/t14-,16?,17-,20?/m1/s1. The first-order valence-corrected chi connectivity index (χ1v) is 9.24. The number of hydrogen-bond acceptors (Lipinski definition) is 6. The number of amides is 2. The molecule has 1 aromatic rings. The first-order chi connectivity index (χ1) is 13.5. The molecule has 3 heterocycles. The summed E-state index contributed by atoms with van der Waals surface area (Å²) in [7, 11) is 1.52. The van der Waals surface area contributed by atoms with E-state index in [-0.39, 0.29) is 31.5 Å². The molecular formula is C20H22N2O6. The van der Waals surface area contributed by atoms with Gasteiger partial charge in [-0.15, -0.1) is 0 Å². The summed E-state index contributed by atoms with van der Waals surface area (Å²) in [5.41, 5.74) is -0.332. The fraction of sp³-hybridized carbons (Fsp3) is 0.450. The first kappa shape index (κ1) is 18.5. The van der Waals surface area contributed by atoms with Gasteiger partial charge in [0, 0.05) is 0 Å². The number of rotatable bonds is 6. The Hall–Kier alpha value is -2.87. The molecule has 1 N–H and O–H groups in total. The van der Waals surface area contributed by atoms with Crippen LogP contribution in [0.15, 0.2) is 36.4 Å². The summed E-state index contributed by atoms with van der Waals surface area (Å²) in [5, 5.41) is 2.85. The van der Waals surface area contributed by atoms with Gasteiger partial charge in [0.1, 0.15) is 17.9 Å². The van der Waals surface area contributed by atoms with Gasteiger partial charge >= 0.3 is 5.97 Å². The molecule has 2 amide bonds. The zero-order chi connectivity index (χ0) is 19.9. The van der Waals surface area contributed by atoms with E-state index in [4.69, 9.17) is 14.2 Å². The maximum absolute atomic E-state index is 13.0. The van der Waals surface area contributed by atoms with Gasteiger partial charge in [-0.05, 0) is 19.1 Å². The van der Waals surface area contributed by atoms with E-state index in [1.54, 1.807) is 31.2 Å². The second-order valence-electron chi connectivity index (χ2n) is 7.09. The van der Waals surface area contributed by atoms with Gasteiger partial charge in [-0.25, -0.2) is 0 Å². The average Bonchev–Trinajstić information content (AvgIpc) is 3.31. The van der Waals surface area contributed by atoms with Crippen LogP contribution >= 0.6 is 0 Å². The number of anilines is 1. The number of methoxy groups -OCH3 is 1. The number of ether oxygens (including phenoxy) is 3. The van der Waals surface area contributed by atoms with Crippen LogP contribution in [0, 0.1) is 11.8 Å². The smallest absolute Gasteiger partial charge is 0.325 e. The van der Waals surface area contributed by atoms with Crippen molar-refractivity contribution in [2.24, 2.45) is 11.8 Å². The molecule has 4 rings (SSSR count). The minimum absolute atomic E-state index is 0.145. The normalized spacial score (nSPS) is 29.7. The van der Waals surface area contributed by atoms with Crippen LogP contribution in [0.1, 0.15) is 6.92 Å². The number of fused-ring (bicyclic) bond motifs is 1. The zero-order valence-corrected chi connectivity index (χ0v) is 15.7. The minimum Gasteiger partial charge on any atom is -0.495 e. The highest BCUT2D eigenvalue weighted by atomic mass is 16.5. The van der Waals surface area contributed by atoms with E-state index in [0.29, 0.717) is 11.4 Å². The fourth-order valence-electron chi connectivity index (χ4n) is 4.34. The topological polar surface area (TPSA) is 94.2 Å². The quantitative estimate of drug-likeness (QED) is 0.579. The summed E-state index contributed by atoms with van der Waals surface area (Å²) in [5.74, 6) is -1.84. The molecule has 0 aliphatic carbocycles. The monoisotopic (exact) mass is 386 g/mol. The maximum atomic E-state index is 13.0. The molecule has 2 fully saturated rings. The second-order valence-corrected chi connectivity index (χ2v) is 7.09. The molecule has 3 aliphatic heterocycles. The third kappa shape index (κ3) is 2.84. The van der Waals surface area contributed by atoms with Gasteiger partial charge in [0.15, 0.2) is 0 Å². The van der Waals surface area contributed by atoms with Crippen LogP contribution < -0.4 is 10.1 Å². The predicted molar refractivity (Wildman–Crippen MR) is 98.6 cm³/mol. The Morgan fingerprint density at radius 3 is 2.89 bits per heavy atom. The minimum atomic E-state index is -0.864. The molecule has 28 heavy (non-hydrogen) atoms. The summed E-state index contributed by atoms with van der Waals surface area (Å²) in [4.78, 5) is 39.3. The predicted octanol–water partition coefficient (Wildman–Crippen LogP) is 0.979. The van der Waals surface area contributed by atoms with Crippen LogP contribution in [-0.4, -0.2) is 61.2 Å². The molecule has 8 nitrogen and oxygen atoms in total. The Labute approximate surface area is 162 Å².